The van der Waals surface area contributed by atoms with E-state index in [0.717, 1.165) is 23.7 Å². The monoisotopic (exact) mass is 256 g/mol. The van der Waals surface area contributed by atoms with Gasteiger partial charge in [-0.15, -0.1) is 0 Å². The molecule has 0 aliphatic carbocycles. The molecular weight excluding hydrogens is 236 g/mol. The van der Waals surface area contributed by atoms with Gasteiger partial charge in [-0.05, 0) is 43.3 Å². The van der Waals surface area contributed by atoms with E-state index in [1.807, 2.05) is 68.6 Å². The van der Waals surface area contributed by atoms with Crippen molar-refractivity contribution in [2.45, 2.75) is 13.0 Å². The van der Waals surface area contributed by atoms with Crippen LogP contribution in [0.5, 0.6) is 11.5 Å². The second kappa shape index (κ2) is 6.25. The number of hydrogen-bond acceptors (Lipinski definition) is 3. The van der Waals surface area contributed by atoms with Crippen LogP contribution in [0.25, 0.3) is 0 Å². The molecule has 3 nitrogen and oxygen atoms in total. The quantitative estimate of drug-likeness (QED) is 0.892. The molecule has 0 radical (unpaired) electrons. The zero-order chi connectivity index (χ0) is 13.7. The number of rotatable bonds is 5. The van der Waals surface area contributed by atoms with Crippen molar-refractivity contribution in [2.75, 3.05) is 18.5 Å². The molecule has 0 aliphatic rings. The fourth-order valence-corrected chi connectivity index (χ4v) is 1.93. The Morgan fingerprint density at radius 1 is 1.00 bits per heavy atom. The van der Waals surface area contributed by atoms with Crippen LogP contribution in [0.1, 0.15) is 6.92 Å². The van der Waals surface area contributed by atoms with Gasteiger partial charge in [-0.2, -0.15) is 0 Å². The fraction of sp³-hybridized carbons (Fsp3) is 0.250. The molecule has 0 saturated heterocycles. The third-order valence-electron chi connectivity index (χ3n) is 2.82. The lowest BCUT2D eigenvalue weighted by molar-refractivity contribution is 0.482. The van der Waals surface area contributed by atoms with E-state index < -0.39 is 0 Å². The summed E-state index contributed by atoms with van der Waals surface area (Å²) in [5.41, 5.74) is 6.93. The molecule has 0 spiro atoms. The minimum atomic E-state index is 0.158. The Labute approximate surface area is 114 Å². The van der Waals surface area contributed by atoms with Crippen LogP contribution in [0.15, 0.2) is 54.6 Å². The lowest BCUT2D eigenvalue weighted by Crippen LogP contribution is -2.32. The molecule has 2 N–H and O–H groups in total. The van der Waals surface area contributed by atoms with E-state index in [9.17, 15) is 0 Å². The summed E-state index contributed by atoms with van der Waals surface area (Å²) in [6, 6.07) is 18.0. The van der Waals surface area contributed by atoms with E-state index in [4.69, 9.17) is 10.5 Å². The number of ether oxygens (including phenoxy) is 1. The van der Waals surface area contributed by atoms with Crippen molar-refractivity contribution in [1.29, 1.82) is 0 Å². The Morgan fingerprint density at radius 2 is 1.58 bits per heavy atom. The van der Waals surface area contributed by atoms with Gasteiger partial charge in [0, 0.05) is 25.3 Å². The number of hydrogen-bond donors (Lipinski definition) is 1. The van der Waals surface area contributed by atoms with Crippen molar-refractivity contribution >= 4 is 5.69 Å². The molecule has 3 heteroatoms. The Hall–Kier alpha value is -2.00. The molecule has 0 bridgehead atoms. The molecule has 2 rings (SSSR count). The molecule has 0 amide bonds. The van der Waals surface area contributed by atoms with Gasteiger partial charge >= 0.3 is 0 Å². The average molecular weight is 256 g/mol. The smallest absolute Gasteiger partial charge is 0.127 e. The molecule has 1 atom stereocenters. The van der Waals surface area contributed by atoms with Crippen molar-refractivity contribution in [2.24, 2.45) is 5.73 Å². The van der Waals surface area contributed by atoms with Gasteiger partial charge in [0.05, 0.1) is 0 Å². The maximum Gasteiger partial charge on any atom is 0.127 e. The van der Waals surface area contributed by atoms with Crippen LogP contribution < -0.4 is 15.4 Å². The lowest BCUT2D eigenvalue weighted by atomic mass is 10.2. The standard InChI is InChI=1S/C16H20N2O/c1-13(17)12-18(2)14-8-10-16(11-9-14)19-15-6-4-3-5-7-15/h3-11,13H,12,17H2,1-2H3. The molecule has 0 saturated carbocycles. The number of anilines is 1. The summed E-state index contributed by atoms with van der Waals surface area (Å²) in [7, 11) is 2.04. The van der Waals surface area contributed by atoms with Gasteiger partial charge in [0.15, 0.2) is 0 Å². The first-order valence-electron chi connectivity index (χ1n) is 6.45. The van der Waals surface area contributed by atoms with E-state index in [0.29, 0.717) is 0 Å². The first-order chi connectivity index (χ1) is 9.15. The SMILES string of the molecule is CC(N)CN(C)c1ccc(Oc2ccccc2)cc1. The minimum absolute atomic E-state index is 0.158. The zero-order valence-corrected chi connectivity index (χ0v) is 11.4. The van der Waals surface area contributed by atoms with E-state index in [1.54, 1.807) is 0 Å². The lowest BCUT2D eigenvalue weighted by Gasteiger charge is -2.21. The van der Waals surface area contributed by atoms with Gasteiger partial charge in [-0.1, -0.05) is 18.2 Å². The van der Waals surface area contributed by atoms with Crippen molar-refractivity contribution in [3.63, 3.8) is 0 Å². The molecule has 1 unspecified atom stereocenters. The van der Waals surface area contributed by atoms with E-state index in [2.05, 4.69) is 4.90 Å². The highest BCUT2D eigenvalue weighted by atomic mass is 16.5. The summed E-state index contributed by atoms with van der Waals surface area (Å²) in [6.07, 6.45) is 0. The first kappa shape index (κ1) is 13.4. The number of para-hydroxylation sites is 1. The molecule has 0 heterocycles. The summed E-state index contributed by atoms with van der Waals surface area (Å²) < 4.78 is 5.75. The van der Waals surface area contributed by atoms with E-state index in [-0.39, 0.29) is 6.04 Å². The number of nitrogens with two attached hydrogens (primary N) is 1. The highest BCUT2D eigenvalue weighted by Crippen LogP contribution is 2.23. The van der Waals surface area contributed by atoms with Crippen LogP contribution in [0.4, 0.5) is 5.69 Å². The maximum atomic E-state index is 5.80. The molecule has 100 valence electrons. The van der Waals surface area contributed by atoms with Crippen molar-refractivity contribution < 1.29 is 4.74 Å². The normalized spacial score (nSPS) is 11.9. The summed E-state index contributed by atoms with van der Waals surface area (Å²) in [6.45, 7) is 2.84. The number of likely N-dealkylation sites (N-methyl/N-ethyl adjacent to an activating group) is 1. The molecule has 0 aliphatic heterocycles. The van der Waals surface area contributed by atoms with Crippen LogP contribution >= 0.6 is 0 Å². The first-order valence-corrected chi connectivity index (χ1v) is 6.45. The third-order valence-corrected chi connectivity index (χ3v) is 2.82. The van der Waals surface area contributed by atoms with Gasteiger partial charge in [0.1, 0.15) is 11.5 Å². The highest BCUT2D eigenvalue weighted by Gasteiger charge is 2.04. The summed E-state index contributed by atoms with van der Waals surface area (Å²) in [4.78, 5) is 2.14. The Bertz CT molecular complexity index is 494. The van der Waals surface area contributed by atoms with Crippen LogP contribution in [-0.4, -0.2) is 19.6 Å². The Kier molecular flexibility index (Phi) is 4.42. The fourth-order valence-electron chi connectivity index (χ4n) is 1.93. The highest BCUT2D eigenvalue weighted by molar-refractivity contribution is 5.49. The molecular formula is C16H20N2O. The van der Waals surface area contributed by atoms with Crippen LogP contribution in [-0.2, 0) is 0 Å². The van der Waals surface area contributed by atoms with Gasteiger partial charge in [-0.25, -0.2) is 0 Å². The predicted molar refractivity (Wildman–Crippen MR) is 79.9 cm³/mol. The topological polar surface area (TPSA) is 38.5 Å². The Balaban J connectivity index is 2.02. The van der Waals surface area contributed by atoms with Crippen LogP contribution in [0, 0.1) is 0 Å². The largest absolute Gasteiger partial charge is 0.457 e. The molecule has 0 aromatic heterocycles. The van der Waals surface area contributed by atoms with Gasteiger partial charge in [0.25, 0.3) is 0 Å². The summed E-state index contributed by atoms with van der Waals surface area (Å²) in [5.74, 6) is 1.68. The van der Waals surface area contributed by atoms with Crippen LogP contribution in [0.2, 0.25) is 0 Å². The predicted octanol–water partition coefficient (Wildman–Crippen LogP) is 3.26. The van der Waals surface area contributed by atoms with Gasteiger partial charge in [0.2, 0.25) is 0 Å². The van der Waals surface area contributed by atoms with Gasteiger partial charge in [-0.3, -0.25) is 0 Å². The molecule has 2 aromatic carbocycles. The second-order valence-corrected chi connectivity index (χ2v) is 4.77. The Morgan fingerprint density at radius 3 is 2.16 bits per heavy atom. The molecule has 0 fully saturated rings. The number of benzene rings is 2. The third kappa shape index (κ3) is 4.00. The average Bonchev–Trinajstić information content (AvgIpc) is 2.40. The minimum Gasteiger partial charge on any atom is -0.457 e. The second-order valence-electron chi connectivity index (χ2n) is 4.77. The van der Waals surface area contributed by atoms with Crippen LogP contribution in [0.3, 0.4) is 0 Å². The number of nitrogens with zero attached hydrogens (tertiary/aromatic N) is 1. The van der Waals surface area contributed by atoms with Crippen molar-refractivity contribution in [1.82, 2.24) is 0 Å². The summed E-state index contributed by atoms with van der Waals surface area (Å²) >= 11 is 0. The molecule has 2 aromatic rings. The maximum absolute atomic E-state index is 5.80. The van der Waals surface area contributed by atoms with Crippen molar-refractivity contribution in [3.8, 4) is 11.5 Å². The zero-order valence-electron chi connectivity index (χ0n) is 11.4. The summed E-state index contributed by atoms with van der Waals surface area (Å²) in [5, 5.41) is 0. The van der Waals surface area contributed by atoms with Gasteiger partial charge < -0.3 is 15.4 Å². The molecule has 19 heavy (non-hydrogen) atoms. The van der Waals surface area contributed by atoms with Crippen molar-refractivity contribution in [3.05, 3.63) is 54.6 Å². The van der Waals surface area contributed by atoms with E-state index in [1.165, 1.54) is 0 Å². The van der Waals surface area contributed by atoms with E-state index >= 15 is 0 Å².